The Morgan fingerprint density at radius 1 is 1.50 bits per heavy atom. The first-order valence-corrected chi connectivity index (χ1v) is 6.43. The van der Waals surface area contributed by atoms with Gasteiger partial charge in [0.15, 0.2) is 0 Å². The van der Waals surface area contributed by atoms with Gasteiger partial charge in [-0.25, -0.2) is 0 Å². The second-order valence-corrected chi connectivity index (χ2v) is 4.88. The van der Waals surface area contributed by atoms with Gasteiger partial charge in [0.2, 0.25) is 5.89 Å². The number of primary amides is 1. The average molecular weight is 277 g/mol. The quantitative estimate of drug-likeness (QED) is 0.879. The Bertz CT molecular complexity index is 620. The van der Waals surface area contributed by atoms with Crippen molar-refractivity contribution in [3.8, 4) is 0 Å². The van der Waals surface area contributed by atoms with Gasteiger partial charge in [-0.2, -0.15) is 4.98 Å². The third-order valence-electron chi connectivity index (χ3n) is 3.35. The van der Waals surface area contributed by atoms with E-state index in [2.05, 4.69) is 20.2 Å². The number of nitrogens with zero attached hydrogens (tertiary/aromatic N) is 4. The summed E-state index contributed by atoms with van der Waals surface area (Å²) in [6, 6.07) is 1.89. The van der Waals surface area contributed by atoms with Gasteiger partial charge in [-0.05, 0) is 26.3 Å². The summed E-state index contributed by atoms with van der Waals surface area (Å²) in [5, 5.41) is 7.57. The fourth-order valence-electron chi connectivity index (χ4n) is 2.47. The van der Waals surface area contributed by atoms with Crippen LogP contribution in [-0.4, -0.2) is 32.6 Å². The van der Waals surface area contributed by atoms with Crippen molar-refractivity contribution in [1.29, 1.82) is 0 Å². The number of hydrogen-bond acceptors (Lipinski definition) is 7. The number of nitrogens with two attached hydrogens (primary N) is 1. The molecular formula is C12H15N5O3. The molecule has 106 valence electrons. The Hall–Kier alpha value is -2.22. The maximum absolute atomic E-state index is 11.0. The Kier molecular flexibility index (Phi) is 3.23. The molecule has 0 aromatic carbocycles. The molecule has 8 heteroatoms. The van der Waals surface area contributed by atoms with Crippen molar-refractivity contribution in [2.75, 3.05) is 6.54 Å². The van der Waals surface area contributed by atoms with Crippen LogP contribution in [-0.2, 0) is 6.54 Å². The van der Waals surface area contributed by atoms with Crippen molar-refractivity contribution in [2.24, 2.45) is 5.73 Å². The van der Waals surface area contributed by atoms with Crippen LogP contribution in [0.2, 0.25) is 0 Å². The zero-order chi connectivity index (χ0) is 14.1. The third-order valence-corrected chi connectivity index (χ3v) is 3.35. The lowest BCUT2D eigenvalue weighted by atomic mass is 10.2. The maximum Gasteiger partial charge on any atom is 0.290 e. The molecule has 1 saturated heterocycles. The fourth-order valence-corrected chi connectivity index (χ4v) is 2.47. The van der Waals surface area contributed by atoms with E-state index in [4.69, 9.17) is 14.8 Å². The number of hydrogen-bond donors (Lipinski definition) is 1. The van der Waals surface area contributed by atoms with Gasteiger partial charge in [0.25, 0.3) is 11.7 Å². The molecule has 0 aliphatic carbocycles. The number of rotatable bonds is 4. The highest BCUT2D eigenvalue weighted by atomic mass is 16.5. The van der Waals surface area contributed by atoms with Gasteiger partial charge in [-0.3, -0.25) is 9.69 Å². The van der Waals surface area contributed by atoms with Crippen LogP contribution in [0.1, 0.15) is 46.8 Å². The lowest BCUT2D eigenvalue weighted by Crippen LogP contribution is -2.23. The molecule has 2 aromatic heterocycles. The van der Waals surface area contributed by atoms with Gasteiger partial charge < -0.3 is 14.8 Å². The van der Waals surface area contributed by atoms with Crippen molar-refractivity contribution >= 4 is 5.91 Å². The number of carbonyl (C=O) groups is 1. The first kappa shape index (κ1) is 12.8. The second kappa shape index (κ2) is 5.04. The lowest BCUT2D eigenvalue weighted by Gasteiger charge is -2.19. The molecule has 1 atom stereocenters. The monoisotopic (exact) mass is 277 g/mol. The molecule has 8 nitrogen and oxygen atoms in total. The number of likely N-dealkylation sites (tertiary alicyclic amines) is 1. The predicted molar refractivity (Wildman–Crippen MR) is 66.4 cm³/mol. The number of aromatic nitrogens is 3. The highest BCUT2D eigenvalue weighted by Crippen LogP contribution is 2.32. The Morgan fingerprint density at radius 2 is 2.35 bits per heavy atom. The lowest BCUT2D eigenvalue weighted by molar-refractivity contribution is 0.0987. The Labute approximate surface area is 114 Å². The van der Waals surface area contributed by atoms with E-state index in [0.29, 0.717) is 12.4 Å². The van der Waals surface area contributed by atoms with Gasteiger partial charge in [0, 0.05) is 12.6 Å². The summed E-state index contributed by atoms with van der Waals surface area (Å²) in [4.78, 5) is 17.2. The summed E-state index contributed by atoms with van der Waals surface area (Å²) in [6.07, 6.45) is 1.92. The molecule has 2 N–H and O–H groups in total. The standard InChI is InChI=1S/C12H15N5O3/c1-7-5-8(15-19-7)6-17-4-2-3-9(17)12-14-11(10(13)18)16-20-12/h5,9H,2-4,6H2,1H3,(H2,13,18). The van der Waals surface area contributed by atoms with Crippen LogP contribution in [0.3, 0.4) is 0 Å². The molecule has 0 bridgehead atoms. The van der Waals surface area contributed by atoms with Crippen molar-refractivity contribution in [3.05, 3.63) is 29.2 Å². The van der Waals surface area contributed by atoms with E-state index >= 15 is 0 Å². The van der Waals surface area contributed by atoms with Crippen LogP contribution >= 0.6 is 0 Å². The van der Waals surface area contributed by atoms with Crippen molar-refractivity contribution < 1.29 is 13.8 Å². The van der Waals surface area contributed by atoms with E-state index in [1.807, 2.05) is 13.0 Å². The van der Waals surface area contributed by atoms with Crippen LogP contribution < -0.4 is 5.73 Å². The van der Waals surface area contributed by atoms with Crippen LogP contribution in [0.15, 0.2) is 15.1 Å². The summed E-state index contributed by atoms with van der Waals surface area (Å²) >= 11 is 0. The van der Waals surface area contributed by atoms with Gasteiger partial charge >= 0.3 is 0 Å². The van der Waals surface area contributed by atoms with Crippen LogP contribution in [0.4, 0.5) is 0 Å². The molecule has 20 heavy (non-hydrogen) atoms. The summed E-state index contributed by atoms with van der Waals surface area (Å²) in [5.41, 5.74) is 5.99. The maximum atomic E-state index is 11.0. The molecule has 1 amide bonds. The predicted octanol–water partition coefficient (Wildman–Crippen LogP) is 0.802. The molecule has 3 rings (SSSR count). The minimum Gasteiger partial charge on any atom is -0.363 e. The first-order valence-electron chi connectivity index (χ1n) is 6.43. The Balaban J connectivity index is 1.76. The molecule has 0 spiro atoms. The van der Waals surface area contributed by atoms with E-state index in [1.165, 1.54) is 0 Å². The number of amides is 1. The molecule has 2 aromatic rings. The minimum absolute atomic E-state index is 0.00685. The summed E-state index contributed by atoms with van der Waals surface area (Å²) in [7, 11) is 0. The smallest absolute Gasteiger partial charge is 0.290 e. The molecule has 1 unspecified atom stereocenters. The molecular weight excluding hydrogens is 262 g/mol. The van der Waals surface area contributed by atoms with Crippen molar-refractivity contribution in [3.63, 3.8) is 0 Å². The molecule has 0 saturated carbocycles. The zero-order valence-electron chi connectivity index (χ0n) is 11.1. The topological polar surface area (TPSA) is 111 Å². The minimum atomic E-state index is -0.684. The SMILES string of the molecule is Cc1cc(CN2CCCC2c2nc(C(N)=O)no2)no1. The normalized spacial score (nSPS) is 19.6. The highest BCUT2D eigenvalue weighted by molar-refractivity contribution is 5.88. The number of aryl methyl sites for hydroxylation is 1. The molecule has 1 aliphatic rings. The largest absolute Gasteiger partial charge is 0.363 e. The van der Waals surface area contributed by atoms with E-state index in [9.17, 15) is 4.79 Å². The van der Waals surface area contributed by atoms with Gasteiger partial charge in [-0.1, -0.05) is 10.3 Å². The van der Waals surface area contributed by atoms with Crippen molar-refractivity contribution in [2.45, 2.75) is 32.4 Å². The number of carbonyl (C=O) groups excluding carboxylic acids is 1. The van der Waals surface area contributed by atoms with Crippen LogP contribution in [0.25, 0.3) is 0 Å². The highest BCUT2D eigenvalue weighted by Gasteiger charge is 2.31. The van der Waals surface area contributed by atoms with Gasteiger partial charge in [0.05, 0.1) is 11.7 Å². The zero-order valence-corrected chi connectivity index (χ0v) is 11.1. The van der Waals surface area contributed by atoms with Crippen LogP contribution in [0.5, 0.6) is 0 Å². The van der Waals surface area contributed by atoms with Gasteiger partial charge in [0.1, 0.15) is 5.76 Å². The van der Waals surface area contributed by atoms with E-state index < -0.39 is 5.91 Å². The Morgan fingerprint density at radius 3 is 3.00 bits per heavy atom. The fraction of sp³-hybridized carbons (Fsp3) is 0.500. The van der Waals surface area contributed by atoms with E-state index in [-0.39, 0.29) is 11.9 Å². The first-order chi connectivity index (χ1) is 9.63. The molecule has 3 heterocycles. The summed E-state index contributed by atoms with van der Waals surface area (Å²) in [6.45, 7) is 3.41. The summed E-state index contributed by atoms with van der Waals surface area (Å²) in [5.74, 6) is 0.446. The van der Waals surface area contributed by atoms with Crippen molar-refractivity contribution in [1.82, 2.24) is 20.2 Å². The average Bonchev–Trinajstić information content (AvgIpc) is 3.10. The van der Waals surface area contributed by atoms with E-state index in [1.54, 1.807) is 0 Å². The van der Waals surface area contributed by atoms with Gasteiger partial charge in [-0.15, -0.1) is 0 Å². The third kappa shape index (κ3) is 2.42. The second-order valence-electron chi connectivity index (χ2n) is 4.88. The molecule has 1 fully saturated rings. The summed E-state index contributed by atoms with van der Waals surface area (Å²) < 4.78 is 10.2. The molecule has 0 radical (unpaired) electrons. The van der Waals surface area contributed by atoms with Crippen LogP contribution in [0, 0.1) is 6.92 Å². The molecule has 1 aliphatic heterocycles. The van der Waals surface area contributed by atoms with E-state index in [0.717, 1.165) is 30.8 Å².